The van der Waals surface area contributed by atoms with Gasteiger partial charge in [-0.3, -0.25) is 0 Å². The first-order valence-corrected chi connectivity index (χ1v) is 5.16. The number of nitrogens with two attached hydrogens (primary N) is 1. The smallest absolute Gasteiger partial charge is 0.234 e. The maximum absolute atomic E-state index is 8.97. The van der Waals surface area contributed by atoms with Crippen LogP contribution in [0.3, 0.4) is 0 Å². The van der Waals surface area contributed by atoms with Crippen LogP contribution in [0.1, 0.15) is 24.4 Å². The number of rotatable bonds is 3. The van der Waals surface area contributed by atoms with E-state index in [1.165, 1.54) is 6.26 Å². The highest BCUT2D eigenvalue weighted by Crippen LogP contribution is 2.27. The molecule has 6 nitrogen and oxygen atoms in total. The highest BCUT2D eigenvalue weighted by molar-refractivity contribution is 5.59. The van der Waals surface area contributed by atoms with E-state index in [0.29, 0.717) is 18.0 Å². The van der Waals surface area contributed by atoms with Gasteiger partial charge in [0.2, 0.25) is 12.1 Å². The monoisotopic (exact) mass is 232 g/mol. The average molecular weight is 232 g/mol. The molecule has 1 aliphatic rings. The van der Waals surface area contributed by atoms with Crippen molar-refractivity contribution < 1.29 is 9.47 Å². The predicted octanol–water partition coefficient (Wildman–Crippen LogP) is 1.02. The third kappa shape index (κ3) is 2.08. The summed E-state index contributed by atoms with van der Waals surface area (Å²) in [5.41, 5.74) is 6.95. The molecule has 1 aromatic heterocycles. The van der Waals surface area contributed by atoms with E-state index in [2.05, 4.69) is 10.3 Å². The molecular formula is C11H12N4O2. The largest absolute Gasteiger partial charge is 0.477 e. The van der Waals surface area contributed by atoms with Gasteiger partial charge >= 0.3 is 0 Å². The molecule has 2 heterocycles. The molecule has 6 heteroatoms. The zero-order chi connectivity index (χ0) is 12.3. The Morgan fingerprint density at radius 3 is 3.12 bits per heavy atom. The summed E-state index contributed by atoms with van der Waals surface area (Å²) in [4.78, 5) is 4.22. The Morgan fingerprint density at radius 2 is 2.53 bits per heavy atom. The van der Waals surface area contributed by atoms with Crippen LogP contribution >= 0.6 is 0 Å². The van der Waals surface area contributed by atoms with Gasteiger partial charge in [-0.2, -0.15) is 5.26 Å². The van der Waals surface area contributed by atoms with Crippen molar-refractivity contribution in [3.8, 4) is 11.9 Å². The summed E-state index contributed by atoms with van der Waals surface area (Å²) in [7, 11) is 0. The molecule has 17 heavy (non-hydrogen) atoms. The number of nitrogens with zero attached hydrogens (tertiary/aromatic N) is 2. The van der Waals surface area contributed by atoms with E-state index < -0.39 is 0 Å². The zero-order valence-corrected chi connectivity index (χ0v) is 9.30. The molecule has 1 unspecified atom stereocenters. The molecule has 1 atom stereocenters. The maximum Gasteiger partial charge on any atom is 0.234 e. The fraction of sp³-hybridized carbons (Fsp3) is 0.273. The minimum atomic E-state index is -0.385. The number of nitriles is 1. The standard InChI is InChI=1S/C11H12N4O2/c1-2-16-10-7(6-12)8(13)5-9(15-10)11-14-3-4-17-11/h3-5,11,14H,2H2,1H3,(H2,13,15). The number of nitrogen functional groups attached to an aromatic ring is 1. The molecule has 0 fully saturated rings. The minimum Gasteiger partial charge on any atom is -0.477 e. The van der Waals surface area contributed by atoms with Crippen molar-refractivity contribution in [1.29, 1.82) is 5.26 Å². The highest BCUT2D eigenvalue weighted by atomic mass is 16.5. The van der Waals surface area contributed by atoms with E-state index in [9.17, 15) is 0 Å². The van der Waals surface area contributed by atoms with Crippen LogP contribution in [0.25, 0.3) is 0 Å². The van der Waals surface area contributed by atoms with Crippen LogP contribution in [-0.4, -0.2) is 11.6 Å². The number of anilines is 1. The molecule has 3 N–H and O–H groups in total. The zero-order valence-electron chi connectivity index (χ0n) is 9.30. The SMILES string of the molecule is CCOc1nc(C2NC=CO2)cc(N)c1C#N. The molecule has 0 saturated heterocycles. The molecule has 88 valence electrons. The first-order valence-electron chi connectivity index (χ1n) is 5.16. The van der Waals surface area contributed by atoms with Gasteiger partial charge in [0.1, 0.15) is 23.6 Å². The van der Waals surface area contributed by atoms with Crippen molar-refractivity contribution in [1.82, 2.24) is 10.3 Å². The fourth-order valence-electron chi connectivity index (χ4n) is 1.49. The van der Waals surface area contributed by atoms with Gasteiger partial charge in [0.15, 0.2) is 0 Å². The Hall–Kier alpha value is -2.42. The second-order valence-corrected chi connectivity index (χ2v) is 3.35. The first kappa shape index (κ1) is 11.1. The van der Waals surface area contributed by atoms with Gasteiger partial charge in [-0.1, -0.05) is 0 Å². The molecule has 0 amide bonds. The van der Waals surface area contributed by atoms with E-state index >= 15 is 0 Å². The van der Waals surface area contributed by atoms with E-state index in [4.69, 9.17) is 20.5 Å². The quantitative estimate of drug-likeness (QED) is 0.808. The lowest BCUT2D eigenvalue weighted by atomic mass is 10.2. The molecular weight excluding hydrogens is 220 g/mol. The van der Waals surface area contributed by atoms with Gasteiger partial charge < -0.3 is 20.5 Å². The van der Waals surface area contributed by atoms with E-state index in [0.717, 1.165) is 0 Å². The van der Waals surface area contributed by atoms with Crippen molar-refractivity contribution in [3.05, 3.63) is 29.8 Å². The van der Waals surface area contributed by atoms with Gasteiger partial charge in [-0.05, 0) is 13.0 Å². The summed E-state index contributed by atoms with van der Waals surface area (Å²) in [5, 5.41) is 11.9. The Kier molecular flexibility index (Phi) is 3.01. The van der Waals surface area contributed by atoms with Gasteiger partial charge in [-0.25, -0.2) is 4.98 Å². The van der Waals surface area contributed by atoms with Gasteiger partial charge in [0.05, 0.1) is 12.3 Å². The lowest BCUT2D eigenvalue weighted by Crippen LogP contribution is -2.15. The van der Waals surface area contributed by atoms with Gasteiger partial charge in [0, 0.05) is 6.20 Å². The third-order valence-electron chi connectivity index (χ3n) is 2.23. The molecule has 1 aliphatic heterocycles. The van der Waals surface area contributed by atoms with E-state index in [-0.39, 0.29) is 17.7 Å². The summed E-state index contributed by atoms with van der Waals surface area (Å²) in [6, 6.07) is 3.58. The number of hydrogen-bond donors (Lipinski definition) is 2. The Morgan fingerprint density at radius 1 is 1.71 bits per heavy atom. The van der Waals surface area contributed by atoms with Crippen LogP contribution in [0.5, 0.6) is 5.88 Å². The molecule has 0 saturated carbocycles. The molecule has 0 radical (unpaired) electrons. The van der Waals surface area contributed by atoms with Gasteiger partial charge in [-0.15, -0.1) is 0 Å². The van der Waals surface area contributed by atoms with Crippen molar-refractivity contribution >= 4 is 5.69 Å². The number of pyridine rings is 1. The number of ether oxygens (including phenoxy) is 2. The van der Waals surface area contributed by atoms with Crippen LogP contribution in [0.15, 0.2) is 18.5 Å². The highest BCUT2D eigenvalue weighted by Gasteiger charge is 2.19. The van der Waals surface area contributed by atoms with Crippen LogP contribution in [0.2, 0.25) is 0 Å². The summed E-state index contributed by atoms with van der Waals surface area (Å²) in [5.74, 6) is 0.238. The fourth-order valence-corrected chi connectivity index (χ4v) is 1.49. The van der Waals surface area contributed by atoms with Crippen LogP contribution in [-0.2, 0) is 4.74 Å². The van der Waals surface area contributed by atoms with Crippen LogP contribution in [0.4, 0.5) is 5.69 Å². The first-order chi connectivity index (χ1) is 8.26. The average Bonchev–Trinajstić information content (AvgIpc) is 2.82. The number of aromatic nitrogens is 1. The second-order valence-electron chi connectivity index (χ2n) is 3.35. The van der Waals surface area contributed by atoms with Crippen molar-refractivity contribution in [2.45, 2.75) is 13.2 Å². The van der Waals surface area contributed by atoms with Gasteiger partial charge in [0.25, 0.3) is 0 Å². The molecule has 0 aliphatic carbocycles. The number of nitrogens with one attached hydrogen (secondary N) is 1. The molecule has 1 aromatic rings. The van der Waals surface area contributed by atoms with Crippen molar-refractivity contribution in [3.63, 3.8) is 0 Å². The molecule has 2 rings (SSSR count). The lowest BCUT2D eigenvalue weighted by Gasteiger charge is -2.14. The Balaban J connectivity index is 2.39. The van der Waals surface area contributed by atoms with Crippen molar-refractivity contribution in [2.24, 2.45) is 0 Å². The second kappa shape index (κ2) is 4.61. The van der Waals surface area contributed by atoms with E-state index in [1.807, 2.05) is 13.0 Å². The van der Waals surface area contributed by atoms with E-state index in [1.54, 1.807) is 12.3 Å². The minimum absolute atomic E-state index is 0.238. The lowest BCUT2D eigenvalue weighted by molar-refractivity contribution is 0.149. The van der Waals surface area contributed by atoms with Crippen LogP contribution < -0.4 is 15.8 Å². The maximum atomic E-state index is 8.97. The van der Waals surface area contributed by atoms with Crippen molar-refractivity contribution in [2.75, 3.05) is 12.3 Å². The Bertz CT molecular complexity index is 485. The summed E-state index contributed by atoms with van der Waals surface area (Å²) in [6.07, 6.45) is 2.81. The summed E-state index contributed by atoms with van der Waals surface area (Å²) >= 11 is 0. The molecule has 0 spiro atoms. The predicted molar refractivity (Wildman–Crippen MR) is 60.6 cm³/mol. The molecule has 0 bridgehead atoms. The third-order valence-corrected chi connectivity index (χ3v) is 2.23. The summed E-state index contributed by atoms with van der Waals surface area (Å²) < 4.78 is 10.5. The topological polar surface area (TPSA) is 93.2 Å². The Labute approximate surface area is 98.7 Å². The number of hydrogen-bond acceptors (Lipinski definition) is 6. The molecule has 0 aromatic carbocycles. The van der Waals surface area contributed by atoms with Crippen LogP contribution in [0, 0.1) is 11.3 Å². The summed E-state index contributed by atoms with van der Waals surface area (Å²) in [6.45, 7) is 2.24. The normalized spacial score (nSPS) is 17.1.